The molecule has 0 saturated heterocycles. The summed E-state index contributed by atoms with van der Waals surface area (Å²) in [5.74, 6) is 2.91. The number of methoxy groups -OCH3 is 2. The van der Waals surface area contributed by atoms with Crippen molar-refractivity contribution >= 4 is 17.1 Å². The van der Waals surface area contributed by atoms with Crippen LogP contribution in [0.5, 0.6) is 23.0 Å². The van der Waals surface area contributed by atoms with Gasteiger partial charge in [0.1, 0.15) is 12.4 Å². The van der Waals surface area contributed by atoms with Crippen molar-refractivity contribution in [3.05, 3.63) is 111 Å². The van der Waals surface area contributed by atoms with E-state index in [-0.39, 0.29) is 11.5 Å². The molecule has 0 saturated carbocycles. The summed E-state index contributed by atoms with van der Waals surface area (Å²) in [5, 5.41) is 5.17. The van der Waals surface area contributed by atoms with Crippen LogP contribution in [0.25, 0.3) is 22.3 Å². The quantitative estimate of drug-likeness (QED) is 0.144. The first kappa shape index (κ1) is 31.3. The number of fused-ring (bicyclic) bond motifs is 1. The molecular formula is C37H39N3O5. The highest BCUT2D eigenvalue weighted by atomic mass is 16.5. The highest BCUT2D eigenvalue weighted by Gasteiger charge is 2.19. The topological polar surface area (TPSA) is 84.2 Å². The van der Waals surface area contributed by atoms with E-state index in [2.05, 4.69) is 19.9 Å². The fourth-order valence-corrected chi connectivity index (χ4v) is 5.16. The zero-order valence-electron chi connectivity index (χ0n) is 26.9. The second kappa shape index (κ2) is 13.7. The smallest absolute Gasteiger partial charge is 0.282 e. The van der Waals surface area contributed by atoms with Crippen molar-refractivity contribution in [2.75, 3.05) is 20.8 Å². The van der Waals surface area contributed by atoms with Crippen LogP contribution in [-0.4, -0.2) is 36.7 Å². The Morgan fingerprint density at radius 3 is 2.22 bits per heavy atom. The summed E-state index contributed by atoms with van der Waals surface area (Å²) in [7, 11) is 3.15. The van der Waals surface area contributed by atoms with E-state index in [1.165, 1.54) is 10.2 Å². The lowest BCUT2D eigenvalue weighted by Crippen LogP contribution is -2.21. The lowest BCUT2D eigenvalue weighted by Gasteiger charge is -2.18. The van der Waals surface area contributed by atoms with Crippen LogP contribution in [0.3, 0.4) is 0 Å². The Morgan fingerprint density at radius 2 is 1.58 bits per heavy atom. The molecule has 4 aromatic carbocycles. The van der Waals surface area contributed by atoms with E-state index in [1.54, 1.807) is 38.6 Å². The fraction of sp³-hybridized carbons (Fsp3) is 0.270. The SMILES string of the molecule is CCOc1cc(C)c(-c2nc3ccccc3c(=O)n2N=Cc2cc(OC)c(OCc3ccc(C)cc3)c(OC)c2)cc1C(C)C. The molecule has 5 rings (SSSR count). The van der Waals surface area contributed by atoms with Crippen molar-refractivity contribution in [3.63, 3.8) is 0 Å². The van der Waals surface area contributed by atoms with E-state index < -0.39 is 0 Å². The molecule has 0 N–H and O–H groups in total. The largest absolute Gasteiger partial charge is 0.494 e. The Morgan fingerprint density at radius 1 is 0.889 bits per heavy atom. The van der Waals surface area contributed by atoms with Gasteiger partial charge in [-0.3, -0.25) is 4.79 Å². The molecule has 1 aromatic heterocycles. The summed E-state index contributed by atoms with van der Waals surface area (Å²) >= 11 is 0. The van der Waals surface area contributed by atoms with Crippen LogP contribution in [0, 0.1) is 13.8 Å². The molecule has 0 bridgehead atoms. The van der Waals surface area contributed by atoms with Gasteiger partial charge in [0.15, 0.2) is 17.3 Å². The molecule has 232 valence electrons. The molecule has 5 aromatic rings. The van der Waals surface area contributed by atoms with Gasteiger partial charge in [-0.1, -0.05) is 55.8 Å². The molecule has 45 heavy (non-hydrogen) atoms. The van der Waals surface area contributed by atoms with Crippen molar-refractivity contribution in [2.24, 2.45) is 5.10 Å². The van der Waals surface area contributed by atoms with Gasteiger partial charge in [-0.25, -0.2) is 4.98 Å². The summed E-state index contributed by atoms with van der Waals surface area (Å²) in [4.78, 5) is 18.8. The van der Waals surface area contributed by atoms with Gasteiger partial charge < -0.3 is 18.9 Å². The lowest BCUT2D eigenvalue weighted by molar-refractivity contribution is 0.266. The molecule has 0 fully saturated rings. The second-order valence-electron chi connectivity index (χ2n) is 11.1. The van der Waals surface area contributed by atoms with Gasteiger partial charge in [-0.15, -0.1) is 0 Å². The van der Waals surface area contributed by atoms with E-state index in [0.29, 0.717) is 52.8 Å². The predicted molar refractivity (Wildman–Crippen MR) is 179 cm³/mol. The van der Waals surface area contributed by atoms with Crippen LogP contribution in [-0.2, 0) is 6.61 Å². The molecule has 0 aliphatic heterocycles. The van der Waals surface area contributed by atoms with Gasteiger partial charge in [0.2, 0.25) is 5.75 Å². The molecule has 0 unspecified atom stereocenters. The van der Waals surface area contributed by atoms with Crippen molar-refractivity contribution in [2.45, 2.75) is 47.1 Å². The molecule has 0 spiro atoms. The van der Waals surface area contributed by atoms with E-state index >= 15 is 0 Å². The van der Waals surface area contributed by atoms with E-state index in [1.807, 2.05) is 69.3 Å². The van der Waals surface area contributed by atoms with Crippen molar-refractivity contribution in [3.8, 4) is 34.4 Å². The number of ether oxygens (including phenoxy) is 4. The first-order chi connectivity index (χ1) is 21.7. The molecule has 1 heterocycles. The standard InChI is InChI=1S/C37H39N3O5/c1-8-44-32-17-25(5)30(20-29(32)23(2)3)36-39-31-12-10-9-11-28(31)37(41)40(36)38-21-27-18-33(42-6)35(34(19-27)43-7)45-22-26-15-13-24(4)14-16-26/h9-21,23H,8,22H2,1-7H3. The van der Waals surface area contributed by atoms with Crippen molar-refractivity contribution in [1.29, 1.82) is 0 Å². The number of aromatic nitrogens is 2. The molecule has 0 aliphatic rings. The van der Waals surface area contributed by atoms with E-state index in [0.717, 1.165) is 28.0 Å². The van der Waals surface area contributed by atoms with Gasteiger partial charge >= 0.3 is 0 Å². The van der Waals surface area contributed by atoms with E-state index in [4.69, 9.17) is 29.0 Å². The molecule has 0 amide bonds. The van der Waals surface area contributed by atoms with E-state index in [9.17, 15) is 4.79 Å². The maximum absolute atomic E-state index is 13.9. The third-order valence-electron chi connectivity index (χ3n) is 7.58. The maximum Gasteiger partial charge on any atom is 0.282 e. The Kier molecular flexibility index (Phi) is 9.52. The fourth-order valence-electron chi connectivity index (χ4n) is 5.16. The number of benzene rings is 4. The number of nitrogens with zero attached hydrogens (tertiary/aromatic N) is 3. The van der Waals surface area contributed by atoms with Gasteiger partial charge in [0.25, 0.3) is 5.56 Å². The molecule has 8 nitrogen and oxygen atoms in total. The molecular weight excluding hydrogens is 566 g/mol. The molecule has 0 radical (unpaired) electrons. The third kappa shape index (κ3) is 6.70. The van der Waals surface area contributed by atoms with Crippen LogP contribution in [0.1, 0.15) is 54.5 Å². The zero-order chi connectivity index (χ0) is 32.1. The van der Waals surface area contributed by atoms with Gasteiger partial charge in [0, 0.05) is 11.1 Å². The Labute approximate surface area is 263 Å². The van der Waals surface area contributed by atoms with Crippen molar-refractivity contribution in [1.82, 2.24) is 9.66 Å². The minimum absolute atomic E-state index is 0.196. The summed E-state index contributed by atoms with van der Waals surface area (Å²) in [6.07, 6.45) is 1.60. The van der Waals surface area contributed by atoms with Gasteiger partial charge in [0.05, 0.1) is 37.9 Å². The first-order valence-electron chi connectivity index (χ1n) is 15.0. The van der Waals surface area contributed by atoms with Crippen LogP contribution in [0.4, 0.5) is 0 Å². The summed E-state index contributed by atoms with van der Waals surface area (Å²) in [6, 6.07) is 23.1. The lowest BCUT2D eigenvalue weighted by atomic mass is 9.96. The highest BCUT2D eigenvalue weighted by molar-refractivity contribution is 5.84. The first-order valence-corrected chi connectivity index (χ1v) is 15.0. The number of para-hydroxylation sites is 1. The Hall–Kier alpha value is -5.11. The van der Waals surface area contributed by atoms with Crippen LogP contribution < -0.4 is 24.5 Å². The summed E-state index contributed by atoms with van der Waals surface area (Å²) < 4.78 is 24.8. The summed E-state index contributed by atoms with van der Waals surface area (Å²) in [6.45, 7) is 11.1. The molecule has 0 atom stereocenters. The second-order valence-corrected chi connectivity index (χ2v) is 11.1. The van der Waals surface area contributed by atoms with Crippen molar-refractivity contribution < 1.29 is 18.9 Å². The zero-order valence-corrected chi connectivity index (χ0v) is 26.9. The van der Waals surface area contributed by atoms with Crippen LogP contribution in [0.15, 0.2) is 82.7 Å². The monoisotopic (exact) mass is 605 g/mol. The predicted octanol–water partition coefficient (Wildman–Crippen LogP) is 7.68. The number of hydrogen-bond donors (Lipinski definition) is 0. The Bertz CT molecular complexity index is 1880. The third-order valence-corrected chi connectivity index (χ3v) is 7.58. The Balaban J connectivity index is 1.60. The van der Waals surface area contributed by atoms with Gasteiger partial charge in [-0.2, -0.15) is 9.78 Å². The normalized spacial score (nSPS) is 11.4. The average Bonchev–Trinajstić information content (AvgIpc) is 3.04. The minimum atomic E-state index is -0.275. The number of rotatable bonds is 11. The average molecular weight is 606 g/mol. The highest BCUT2D eigenvalue weighted by Crippen LogP contribution is 2.39. The van der Waals surface area contributed by atoms with Crippen LogP contribution in [0.2, 0.25) is 0 Å². The van der Waals surface area contributed by atoms with Gasteiger partial charge in [-0.05, 0) is 79.8 Å². The van der Waals surface area contributed by atoms with Crippen LogP contribution >= 0.6 is 0 Å². The number of aryl methyl sites for hydroxylation is 2. The molecule has 0 aliphatic carbocycles. The molecule has 8 heteroatoms. The minimum Gasteiger partial charge on any atom is -0.494 e. The number of hydrogen-bond acceptors (Lipinski definition) is 7. The maximum atomic E-state index is 13.9. The summed E-state index contributed by atoms with van der Waals surface area (Å²) in [5.41, 5.74) is 5.94.